The lowest BCUT2D eigenvalue weighted by Gasteiger charge is -2.14. The van der Waals surface area contributed by atoms with E-state index in [2.05, 4.69) is 5.32 Å². The molecule has 0 atom stereocenters. The highest BCUT2D eigenvalue weighted by atomic mass is 16.5. The molecule has 0 aromatic heterocycles. The first-order valence-electron chi connectivity index (χ1n) is 8.92. The van der Waals surface area contributed by atoms with Gasteiger partial charge in [-0.25, -0.2) is 4.79 Å². The average molecular weight is 419 g/mol. The summed E-state index contributed by atoms with van der Waals surface area (Å²) >= 11 is 0. The van der Waals surface area contributed by atoms with Gasteiger partial charge in [0.15, 0.2) is 29.6 Å². The van der Waals surface area contributed by atoms with Gasteiger partial charge in [0.2, 0.25) is 0 Å². The number of benzene rings is 2. The van der Waals surface area contributed by atoms with Crippen molar-refractivity contribution in [2.24, 2.45) is 0 Å². The third-order valence-corrected chi connectivity index (χ3v) is 4.22. The Morgan fingerprint density at radius 2 is 1.30 bits per heavy atom. The fourth-order valence-corrected chi connectivity index (χ4v) is 2.65. The van der Waals surface area contributed by atoms with Crippen LogP contribution in [0.25, 0.3) is 0 Å². The number of esters is 1. The van der Waals surface area contributed by atoms with Crippen molar-refractivity contribution in [1.29, 1.82) is 0 Å². The van der Waals surface area contributed by atoms with E-state index >= 15 is 0 Å². The Balaban J connectivity index is 1.96. The van der Waals surface area contributed by atoms with Gasteiger partial charge in [0.05, 0.1) is 41.1 Å². The Morgan fingerprint density at radius 3 is 1.90 bits per heavy atom. The molecule has 0 fully saturated rings. The molecule has 162 valence electrons. The van der Waals surface area contributed by atoms with Crippen LogP contribution in [-0.2, 0) is 16.1 Å². The molecule has 0 heterocycles. The minimum atomic E-state index is -0.658. The average Bonchev–Trinajstić information content (AvgIpc) is 2.79. The third-order valence-electron chi connectivity index (χ3n) is 4.22. The van der Waals surface area contributed by atoms with Gasteiger partial charge in [-0.15, -0.1) is 0 Å². The molecule has 0 aliphatic carbocycles. The molecule has 0 saturated carbocycles. The lowest BCUT2D eigenvalue weighted by atomic mass is 10.1. The SMILES string of the molecule is COc1cc(OC)c(OC)cc1CNC(=O)COC(=O)c1ccc(OC)c(OC)c1. The Labute approximate surface area is 174 Å². The molecule has 30 heavy (non-hydrogen) atoms. The van der Waals surface area contributed by atoms with Gasteiger partial charge in [0, 0.05) is 18.2 Å². The molecular weight excluding hydrogens is 394 g/mol. The summed E-state index contributed by atoms with van der Waals surface area (Å²) in [6.45, 7) is -0.293. The molecule has 0 radical (unpaired) electrons. The van der Waals surface area contributed by atoms with Crippen LogP contribution in [-0.4, -0.2) is 54.0 Å². The number of hydrogen-bond donors (Lipinski definition) is 1. The van der Waals surface area contributed by atoms with Crippen molar-refractivity contribution < 1.29 is 38.0 Å². The van der Waals surface area contributed by atoms with Gasteiger partial charge in [-0.2, -0.15) is 0 Å². The Kier molecular flexibility index (Phi) is 8.16. The van der Waals surface area contributed by atoms with Gasteiger partial charge in [-0.3, -0.25) is 4.79 Å². The highest BCUT2D eigenvalue weighted by Gasteiger charge is 2.15. The molecule has 2 rings (SSSR count). The molecule has 0 bridgehead atoms. The molecule has 0 aliphatic heterocycles. The molecule has 2 aromatic rings. The molecule has 2 aromatic carbocycles. The van der Waals surface area contributed by atoms with Crippen molar-refractivity contribution in [3.8, 4) is 28.7 Å². The zero-order valence-electron chi connectivity index (χ0n) is 17.6. The van der Waals surface area contributed by atoms with Gasteiger partial charge in [0.1, 0.15) is 5.75 Å². The van der Waals surface area contributed by atoms with Gasteiger partial charge in [-0.05, 0) is 24.3 Å². The molecule has 0 saturated heterocycles. The zero-order valence-corrected chi connectivity index (χ0v) is 17.6. The summed E-state index contributed by atoms with van der Waals surface area (Å²) in [6.07, 6.45) is 0. The minimum Gasteiger partial charge on any atom is -0.496 e. The second-order valence-corrected chi connectivity index (χ2v) is 5.94. The highest BCUT2D eigenvalue weighted by molar-refractivity contribution is 5.92. The minimum absolute atomic E-state index is 0.149. The second-order valence-electron chi connectivity index (χ2n) is 5.94. The lowest BCUT2D eigenvalue weighted by molar-refractivity contribution is -0.124. The zero-order chi connectivity index (χ0) is 22.1. The number of ether oxygens (including phenoxy) is 6. The molecule has 1 N–H and O–H groups in total. The van der Waals surface area contributed by atoms with Crippen LogP contribution in [0.4, 0.5) is 0 Å². The second kappa shape index (κ2) is 10.8. The highest BCUT2D eigenvalue weighted by Crippen LogP contribution is 2.34. The van der Waals surface area contributed by atoms with E-state index in [9.17, 15) is 9.59 Å². The Hall–Kier alpha value is -3.62. The van der Waals surface area contributed by atoms with Crippen molar-refractivity contribution >= 4 is 11.9 Å². The normalized spacial score (nSPS) is 10.0. The molecule has 9 heteroatoms. The van der Waals surface area contributed by atoms with Crippen LogP contribution in [0.15, 0.2) is 30.3 Å². The standard InChI is InChI=1S/C21H25NO8/c1-25-15-7-6-13(8-17(15)27-3)21(24)30-12-20(23)22-11-14-9-18(28-4)19(29-5)10-16(14)26-2/h6-10H,11-12H2,1-5H3,(H,22,23). The van der Waals surface area contributed by atoms with Crippen LogP contribution in [0.3, 0.4) is 0 Å². The maximum absolute atomic E-state index is 12.2. The summed E-state index contributed by atoms with van der Waals surface area (Å²) in [4.78, 5) is 24.3. The van der Waals surface area contributed by atoms with Crippen LogP contribution in [0.5, 0.6) is 28.7 Å². The maximum atomic E-state index is 12.2. The summed E-state index contributed by atoms with van der Waals surface area (Å²) in [5, 5.41) is 2.67. The number of amides is 1. The number of hydrogen-bond acceptors (Lipinski definition) is 8. The van der Waals surface area contributed by atoms with Crippen molar-refractivity contribution in [2.45, 2.75) is 6.54 Å². The Morgan fingerprint density at radius 1 is 0.733 bits per heavy atom. The van der Waals surface area contributed by atoms with Crippen LogP contribution in [0.2, 0.25) is 0 Å². The fraction of sp³-hybridized carbons (Fsp3) is 0.333. The largest absolute Gasteiger partial charge is 0.496 e. The van der Waals surface area contributed by atoms with Gasteiger partial charge < -0.3 is 33.7 Å². The summed E-state index contributed by atoms with van der Waals surface area (Å²) in [7, 11) is 7.50. The monoisotopic (exact) mass is 419 g/mol. The first-order chi connectivity index (χ1) is 14.5. The predicted octanol–water partition coefficient (Wildman–Crippen LogP) is 2.20. The summed E-state index contributed by atoms with van der Waals surface area (Å²) < 4.78 is 31.2. The summed E-state index contributed by atoms with van der Waals surface area (Å²) in [6, 6.07) is 7.95. The molecule has 1 amide bonds. The summed E-state index contributed by atoms with van der Waals surface area (Å²) in [5.41, 5.74) is 0.914. The third kappa shape index (κ3) is 5.47. The van der Waals surface area contributed by atoms with E-state index in [4.69, 9.17) is 28.4 Å². The van der Waals surface area contributed by atoms with E-state index in [0.717, 1.165) is 0 Å². The lowest BCUT2D eigenvalue weighted by Crippen LogP contribution is -2.28. The van der Waals surface area contributed by atoms with Crippen LogP contribution in [0, 0.1) is 0 Å². The van der Waals surface area contributed by atoms with Crippen LogP contribution < -0.4 is 29.0 Å². The number of rotatable bonds is 10. The van der Waals surface area contributed by atoms with Gasteiger partial charge in [0.25, 0.3) is 5.91 Å². The number of carbonyl (C=O) groups excluding carboxylic acids is 2. The number of nitrogens with one attached hydrogen (secondary N) is 1. The predicted molar refractivity (Wildman–Crippen MR) is 108 cm³/mol. The topological polar surface area (TPSA) is 102 Å². The molecule has 0 spiro atoms. The summed E-state index contributed by atoms with van der Waals surface area (Å²) in [5.74, 6) is 1.27. The van der Waals surface area contributed by atoms with Crippen LogP contribution in [0.1, 0.15) is 15.9 Å². The molecular formula is C21H25NO8. The van der Waals surface area contributed by atoms with Crippen molar-refractivity contribution in [1.82, 2.24) is 5.32 Å². The van der Waals surface area contributed by atoms with E-state index in [1.54, 1.807) is 18.2 Å². The van der Waals surface area contributed by atoms with Gasteiger partial charge >= 0.3 is 5.97 Å². The van der Waals surface area contributed by atoms with Crippen molar-refractivity contribution in [2.75, 3.05) is 42.2 Å². The first-order valence-corrected chi connectivity index (χ1v) is 8.92. The molecule has 9 nitrogen and oxygen atoms in total. The van der Waals surface area contributed by atoms with E-state index in [1.807, 2.05) is 0 Å². The molecule has 0 unspecified atom stereocenters. The maximum Gasteiger partial charge on any atom is 0.338 e. The van der Waals surface area contributed by atoms with Crippen molar-refractivity contribution in [3.05, 3.63) is 41.5 Å². The number of carbonyl (C=O) groups is 2. The van der Waals surface area contributed by atoms with E-state index in [-0.39, 0.29) is 12.1 Å². The first kappa shape index (κ1) is 22.7. The van der Waals surface area contributed by atoms with E-state index in [0.29, 0.717) is 34.3 Å². The van der Waals surface area contributed by atoms with E-state index in [1.165, 1.54) is 47.7 Å². The smallest absolute Gasteiger partial charge is 0.338 e. The molecule has 0 aliphatic rings. The number of methoxy groups -OCH3 is 5. The van der Waals surface area contributed by atoms with Crippen LogP contribution >= 0.6 is 0 Å². The fourth-order valence-electron chi connectivity index (χ4n) is 2.65. The van der Waals surface area contributed by atoms with Crippen molar-refractivity contribution in [3.63, 3.8) is 0 Å². The van der Waals surface area contributed by atoms with Gasteiger partial charge in [-0.1, -0.05) is 0 Å². The van der Waals surface area contributed by atoms with E-state index < -0.39 is 18.5 Å². The Bertz CT molecular complexity index is 897. The quantitative estimate of drug-likeness (QED) is 0.585.